The molecule has 1 fully saturated rings. The van der Waals surface area contributed by atoms with E-state index in [0.29, 0.717) is 37.7 Å². The first kappa shape index (κ1) is 15.4. The van der Waals surface area contributed by atoms with E-state index < -0.39 is 0 Å². The molecule has 0 bridgehead atoms. The molecule has 0 spiro atoms. The van der Waals surface area contributed by atoms with Gasteiger partial charge in [-0.25, -0.2) is 4.79 Å². The Hall–Kier alpha value is -2.48. The minimum absolute atomic E-state index is 0.0452. The Morgan fingerprint density at radius 2 is 2.13 bits per heavy atom. The number of hydrogen-bond donors (Lipinski definition) is 1. The third kappa shape index (κ3) is 3.31. The standard InChI is InChI=1S/C15H19N3O5/c1-21-7-4-16-14(19)9-17-5-6-18(15(17)20)11-2-3-12-13(8-11)23-10-22-12/h2-3,8H,4-7,9-10H2,1H3,(H,16,19). The lowest BCUT2D eigenvalue weighted by molar-refractivity contribution is -0.121. The predicted molar refractivity (Wildman–Crippen MR) is 81.8 cm³/mol. The minimum atomic E-state index is -0.192. The highest BCUT2D eigenvalue weighted by atomic mass is 16.7. The summed E-state index contributed by atoms with van der Waals surface area (Å²) in [6.07, 6.45) is 0. The van der Waals surface area contributed by atoms with E-state index in [0.717, 1.165) is 5.69 Å². The number of methoxy groups -OCH3 is 1. The van der Waals surface area contributed by atoms with Crippen LogP contribution in [-0.4, -0.2) is 63.5 Å². The van der Waals surface area contributed by atoms with Crippen molar-refractivity contribution < 1.29 is 23.8 Å². The summed E-state index contributed by atoms with van der Waals surface area (Å²) in [4.78, 5) is 27.4. The fraction of sp³-hybridized carbons (Fsp3) is 0.467. The Morgan fingerprint density at radius 1 is 1.30 bits per heavy atom. The molecule has 8 nitrogen and oxygen atoms in total. The second kappa shape index (κ2) is 6.74. The topological polar surface area (TPSA) is 80.3 Å². The zero-order valence-corrected chi connectivity index (χ0v) is 12.9. The van der Waals surface area contributed by atoms with Gasteiger partial charge in [-0.2, -0.15) is 0 Å². The number of amides is 3. The van der Waals surface area contributed by atoms with Crippen molar-refractivity contribution >= 4 is 17.6 Å². The summed E-state index contributed by atoms with van der Waals surface area (Å²) in [6.45, 7) is 2.16. The Morgan fingerprint density at radius 3 is 2.96 bits per heavy atom. The molecule has 0 radical (unpaired) electrons. The molecule has 1 saturated heterocycles. The first-order valence-corrected chi connectivity index (χ1v) is 7.41. The van der Waals surface area contributed by atoms with Gasteiger partial charge in [0.15, 0.2) is 11.5 Å². The molecule has 3 rings (SSSR count). The molecule has 23 heavy (non-hydrogen) atoms. The van der Waals surface area contributed by atoms with Crippen molar-refractivity contribution in [2.75, 3.05) is 51.6 Å². The molecule has 0 unspecified atom stereocenters. The van der Waals surface area contributed by atoms with Gasteiger partial charge in [0.25, 0.3) is 0 Å². The fourth-order valence-electron chi connectivity index (χ4n) is 2.54. The minimum Gasteiger partial charge on any atom is -0.454 e. The summed E-state index contributed by atoms with van der Waals surface area (Å²) in [6, 6.07) is 5.19. The average molecular weight is 321 g/mol. The summed E-state index contributed by atoms with van der Waals surface area (Å²) in [5, 5.41) is 2.71. The summed E-state index contributed by atoms with van der Waals surface area (Å²) in [7, 11) is 1.57. The number of ether oxygens (including phenoxy) is 3. The number of nitrogens with zero attached hydrogens (tertiary/aromatic N) is 2. The molecule has 2 aliphatic rings. The van der Waals surface area contributed by atoms with Crippen molar-refractivity contribution in [3.8, 4) is 11.5 Å². The van der Waals surface area contributed by atoms with E-state index in [2.05, 4.69) is 5.32 Å². The summed E-state index contributed by atoms with van der Waals surface area (Å²) >= 11 is 0. The average Bonchev–Trinajstić information content (AvgIpc) is 3.14. The van der Waals surface area contributed by atoms with Gasteiger partial charge in [0.1, 0.15) is 6.54 Å². The number of anilines is 1. The lowest BCUT2D eigenvalue weighted by atomic mass is 10.2. The highest BCUT2D eigenvalue weighted by Crippen LogP contribution is 2.36. The van der Waals surface area contributed by atoms with Crippen LogP contribution in [0.3, 0.4) is 0 Å². The van der Waals surface area contributed by atoms with Gasteiger partial charge in [0.2, 0.25) is 12.7 Å². The van der Waals surface area contributed by atoms with Crippen molar-refractivity contribution in [2.24, 2.45) is 0 Å². The number of benzene rings is 1. The molecule has 8 heteroatoms. The van der Waals surface area contributed by atoms with Crippen LogP contribution in [0.4, 0.5) is 10.5 Å². The van der Waals surface area contributed by atoms with Gasteiger partial charge in [-0.3, -0.25) is 9.69 Å². The molecule has 0 aliphatic carbocycles. The number of hydrogen-bond acceptors (Lipinski definition) is 5. The largest absolute Gasteiger partial charge is 0.454 e. The van der Waals surface area contributed by atoms with Crippen molar-refractivity contribution in [1.29, 1.82) is 0 Å². The van der Waals surface area contributed by atoms with E-state index in [1.807, 2.05) is 6.07 Å². The quantitative estimate of drug-likeness (QED) is 0.768. The fourth-order valence-corrected chi connectivity index (χ4v) is 2.54. The second-order valence-corrected chi connectivity index (χ2v) is 5.24. The smallest absolute Gasteiger partial charge is 0.325 e. The lowest BCUT2D eigenvalue weighted by Crippen LogP contribution is -2.40. The Labute approximate surface area is 133 Å². The van der Waals surface area contributed by atoms with Crippen LogP contribution in [0.25, 0.3) is 0 Å². The van der Waals surface area contributed by atoms with Gasteiger partial charge in [-0.05, 0) is 12.1 Å². The second-order valence-electron chi connectivity index (χ2n) is 5.24. The molecular weight excluding hydrogens is 302 g/mol. The molecule has 124 valence electrons. The highest BCUT2D eigenvalue weighted by molar-refractivity contribution is 5.96. The molecule has 0 aromatic heterocycles. The van der Waals surface area contributed by atoms with Gasteiger partial charge in [-0.1, -0.05) is 0 Å². The normalized spacial score (nSPS) is 16.1. The zero-order valence-electron chi connectivity index (χ0n) is 12.9. The molecule has 0 atom stereocenters. The molecule has 1 aromatic carbocycles. The van der Waals surface area contributed by atoms with Crippen molar-refractivity contribution in [1.82, 2.24) is 10.2 Å². The first-order chi connectivity index (χ1) is 11.2. The summed E-state index contributed by atoms with van der Waals surface area (Å²) < 4.78 is 15.5. The molecule has 2 heterocycles. The van der Waals surface area contributed by atoms with Gasteiger partial charge in [0.05, 0.1) is 6.61 Å². The van der Waals surface area contributed by atoms with Crippen LogP contribution in [0.15, 0.2) is 18.2 Å². The van der Waals surface area contributed by atoms with Gasteiger partial charge >= 0.3 is 6.03 Å². The Bertz CT molecular complexity index is 607. The summed E-state index contributed by atoms with van der Waals surface area (Å²) in [5.41, 5.74) is 0.738. The van der Waals surface area contributed by atoms with Crippen LogP contribution in [0.2, 0.25) is 0 Å². The number of nitrogens with one attached hydrogen (secondary N) is 1. The molecule has 1 N–H and O–H groups in total. The van der Waals surface area contributed by atoms with Crippen molar-refractivity contribution in [3.05, 3.63) is 18.2 Å². The number of fused-ring (bicyclic) bond motifs is 1. The number of carbonyl (C=O) groups is 2. The van der Waals surface area contributed by atoms with E-state index in [1.54, 1.807) is 24.1 Å². The van der Waals surface area contributed by atoms with Crippen LogP contribution >= 0.6 is 0 Å². The highest BCUT2D eigenvalue weighted by Gasteiger charge is 2.31. The van der Waals surface area contributed by atoms with Crippen LogP contribution in [0, 0.1) is 0 Å². The maximum atomic E-state index is 12.4. The van der Waals surface area contributed by atoms with Crippen molar-refractivity contribution in [2.45, 2.75) is 0 Å². The Balaban J connectivity index is 1.59. The third-order valence-corrected chi connectivity index (χ3v) is 3.73. The van der Waals surface area contributed by atoms with Gasteiger partial charge in [-0.15, -0.1) is 0 Å². The molecule has 0 saturated carbocycles. The molecule has 3 amide bonds. The van der Waals surface area contributed by atoms with Gasteiger partial charge in [0, 0.05) is 38.5 Å². The van der Waals surface area contributed by atoms with Crippen molar-refractivity contribution in [3.63, 3.8) is 0 Å². The number of rotatable bonds is 6. The first-order valence-electron chi connectivity index (χ1n) is 7.41. The number of carbonyl (C=O) groups excluding carboxylic acids is 2. The van der Waals surface area contributed by atoms with E-state index in [-0.39, 0.29) is 25.3 Å². The van der Waals surface area contributed by atoms with Crippen LogP contribution in [-0.2, 0) is 9.53 Å². The maximum Gasteiger partial charge on any atom is 0.325 e. The van der Waals surface area contributed by atoms with E-state index >= 15 is 0 Å². The molecular formula is C15H19N3O5. The number of urea groups is 1. The lowest BCUT2D eigenvalue weighted by Gasteiger charge is -2.18. The zero-order chi connectivity index (χ0) is 16.2. The SMILES string of the molecule is COCCNC(=O)CN1CCN(c2ccc3c(c2)OCO3)C1=O. The Kier molecular flexibility index (Phi) is 4.52. The predicted octanol–water partition coefficient (Wildman–Crippen LogP) is 0.420. The van der Waals surface area contributed by atoms with E-state index in [1.165, 1.54) is 4.90 Å². The van der Waals surface area contributed by atoms with Gasteiger partial charge < -0.3 is 24.4 Å². The van der Waals surface area contributed by atoms with E-state index in [4.69, 9.17) is 14.2 Å². The van der Waals surface area contributed by atoms with E-state index in [9.17, 15) is 9.59 Å². The third-order valence-electron chi connectivity index (χ3n) is 3.73. The monoisotopic (exact) mass is 321 g/mol. The molecule has 2 aliphatic heterocycles. The maximum absolute atomic E-state index is 12.4. The molecule has 1 aromatic rings. The van der Waals surface area contributed by atoms with Crippen LogP contribution in [0.1, 0.15) is 0 Å². The van der Waals surface area contributed by atoms with Crippen LogP contribution < -0.4 is 19.7 Å². The summed E-state index contributed by atoms with van der Waals surface area (Å²) in [5.74, 6) is 1.11. The van der Waals surface area contributed by atoms with Crippen LogP contribution in [0.5, 0.6) is 11.5 Å².